The number of aromatic nitrogens is 2. The summed E-state index contributed by atoms with van der Waals surface area (Å²) in [4.78, 5) is 14.3. The van der Waals surface area contributed by atoms with Crippen LogP contribution in [0.1, 0.15) is 35.4 Å². The van der Waals surface area contributed by atoms with Gasteiger partial charge in [0.25, 0.3) is 5.91 Å². The molecule has 1 fully saturated rings. The number of H-pyrrole nitrogens is 1. The van der Waals surface area contributed by atoms with Crippen LogP contribution in [0.5, 0.6) is 11.5 Å². The van der Waals surface area contributed by atoms with E-state index in [4.69, 9.17) is 9.47 Å². The molecule has 2 heterocycles. The molecule has 2 N–H and O–H groups in total. The highest BCUT2D eigenvalue weighted by atomic mass is 16.5. The minimum absolute atomic E-state index is 0.0119. The number of carbonyl (C=O) groups is 1. The highest BCUT2D eigenvalue weighted by molar-refractivity contribution is 5.92. The molecular formula is C18H23N3O4. The predicted molar refractivity (Wildman–Crippen MR) is 91.7 cm³/mol. The number of ether oxygens (including phenoxy) is 2. The lowest BCUT2D eigenvalue weighted by Gasteiger charge is -2.34. The highest BCUT2D eigenvalue weighted by Crippen LogP contribution is 2.21. The molecule has 2 aromatic rings. The van der Waals surface area contributed by atoms with E-state index in [-0.39, 0.29) is 25.2 Å². The van der Waals surface area contributed by atoms with E-state index < -0.39 is 0 Å². The Balaban J connectivity index is 1.62. The highest BCUT2D eigenvalue weighted by Gasteiger charge is 2.28. The number of amides is 1. The van der Waals surface area contributed by atoms with Gasteiger partial charge in [-0.1, -0.05) is 6.07 Å². The van der Waals surface area contributed by atoms with Gasteiger partial charge >= 0.3 is 0 Å². The van der Waals surface area contributed by atoms with Crippen molar-refractivity contribution in [3.63, 3.8) is 0 Å². The number of rotatable bonds is 6. The van der Waals surface area contributed by atoms with Gasteiger partial charge in [0.15, 0.2) is 5.69 Å². The minimum atomic E-state index is -0.150. The summed E-state index contributed by atoms with van der Waals surface area (Å²) in [6.45, 7) is 0.922. The number of nitrogens with one attached hydrogen (secondary N) is 1. The lowest BCUT2D eigenvalue weighted by atomic mass is 10.0. The van der Waals surface area contributed by atoms with Gasteiger partial charge in [0.2, 0.25) is 0 Å². The maximum Gasteiger partial charge on any atom is 0.274 e. The Morgan fingerprint density at radius 2 is 2.20 bits per heavy atom. The van der Waals surface area contributed by atoms with E-state index in [0.29, 0.717) is 23.7 Å². The normalized spacial score (nSPS) is 17.4. The summed E-state index contributed by atoms with van der Waals surface area (Å²) in [6.07, 6.45) is 2.83. The lowest BCUT2D eigenvalue weighted by Crippen LogP contribution is -2.45. The van der Waals surface area contributed by atoms with Gasteiger partial charge in [-0.3, -0.25) is 9.89 Å². The summed E-state index contributed by atoms with van der Waals surface area (Å²) >= 11 is 0. The van der Waals surface area contributed by atoms with Gasteiger partial charge in [0, 0.05) is 12.6 Å². The van der Waals surface area contributed by atoms with Crippen molar-refractivity contribution in [2.45, 2.75) is 31.9 Å². The first-order valence-electron chi connectivity index (χ1n) is 8.44. The number of carbonyl (C=O) groups excluding carboxylic acids is 1. The molecule has 3 rings (SSSR count). The van der Waals surface area contributed by atoms with Crippen LogP contribution in [0.2, 0.25) is 0 Å². The zero-order valence-corrected chi connectivity index (χ0v) is 14.3. The number of hydrogen-bond donors (Lipinski definition) is 2. The van der Waals surface area contributed by atoms with E-state index in [2.05, 4.69) is 10.2 Å². The smallest absolute Gasteiger partial charge is 0.274 e. The molecule has 0 radical (unpaired) electrons. The van der Waals surface area contributed by atoms with E-state index in [0.717, 1.165) is 25.0 Å². The van der Waals surface area contributed by atoms with Gasteiger partial charge in [-0.25, -0.2) is 0 Å². The van der Waals surface area contributed by atoms with Crippen LogP contribution >= 0.6 is 0 Å². The zero-order chi connectivity index (χ0) is 17.6. The van der Waals surface area contributed by atoms with E-state index in [1.54, 1.807) is 24.1 Å². The van der Waals surface area contributed by atoms with Crippen LogP contribution in [-0.2, 0) is 6.61 Å². The Kier molecular flexibility index (Phi) is 5.55. The molecule has 7 nitrogen and oxygen atoms in total. The summed E-state index contributed by atoms with van der Waals surface area (Å²) in [5, 5.41) is 16.4. The molecule has 1 aromatic heterocycles. The van der Waals surface area contributed by atoms with Crippen LogP contribution in [-0.4, -0.2) is 52.4 Å². The number of aliphatic hydroxyl groups is 1. The van der Waals surface area contributed by atoms with E-state index >= 15 is 0 Å². The summed E-state index contributed by atoms with van der Waals surface area (Å²) in [5.41, 5.74) is 1.06. The van der Waals surface area contributed by atoms with Crippen LogP contribution in [0.25, 0.3) is 0 Å². The predicted octanol–water partition coefficient (Wildman–Crippen LogP) is 1.98. The molecule has 1 unspecified atom stereocenters. The molecule has 1 aliphatic rings. The molecule has 134 valence electrons. The van der Waals surface area contributed by atoms with Gasteiger partial charge < -0.3 is 19.5 Å². The Labute approximate surface area is 146 Å². The van der Waals surface area contributed by atoms with Crippen molar-refractivity contribution in [3.05, 3.63) is 41.7 Å². The number of hydrogen-bond acceptors (Lipinski definition) is 5. The maximum absolute atomic E-state index is 12.6. The van der Waals surface area contributed by atoms with Crippen molar-refractivity contribution in [1.29, 1.82) is 0 Å². The fourth-order valence-electron chi connectivity index (χ4n) is 3.00. The van der Waals surface area contributed by atoms with Gasteiger partial charge in [-0.05, 0) is 37.5 Å². The largest absolute Gasteiger partial charge is 0.497 e. The van der Waals surface area contributed by atoms with Crippen LogP contribution in [0.4, 0.5) is 0 Å². The zero-order valence-electron chi connectivity index (χ0n) is 14.3. The van der Waals surface area contributed by atoms with Crippen LogP contribution in [0.15, 0.2) is 30.3 Å². The Hall–Kier alpha value is -2.54. The average Bonchev–Trinajstić information content (AvgIpc) is 3.15. The fourth-order valence-corrected chi connectivity index (χ4v) is 3.00. The first-order valence-corrected chi connectivity index (χ1v) is 8.44. The van der Waals surface area contributed by atoms with E-state index in [1.807, 2.05) is 18.2 Å². The van der Waals surface area contributed by atoms with E-state index in [1.165, 1.54) is 0 Å². The Bertz CT molecular complexity index is 716. The van der Waals surface area contributed by atoms with Crippen molar-refractivity contribution in [3.8, 4) is 11.5 Å². The lowest BCUT2D eigenvalue weighted by molar-refractivity contribution is 0.0497. The number of aromatic amines is 1. The van der Waals surface area contributed by atoms with Gasteiger partial charge in [0.05, 0.1) is 25.5 Å². The molecule has 7 heteroatoms. The van der Waals surface area contributed by atoms with Crippen molar-refractivity contribution >= 4 is 5.91 Å². The molecule has 1 aliphatic heterocycles. The number of likely N-dealkylation sites (tertiary alicyclic amines) is 1. The third-order valence-electron chi connectivity index (χ3n) is 4.38. The number of nitrogens with zero attached hydrogens (tertiary/aromatic N) is 2. The third kappa shape index (κ3) is 4.11. The second kappa shape index (κ2) is 8.02. The summed E-state index contributed by atoms with van der Waals surface area (Å²) < 4.78 is 10.9. The van der Waals surface area contributed by atoms with Crippen LogP contribution in [0, 0.1) is 0 Å². The number of aliphatic hydroxyl groups excluding tert-OH is 1. The molecule has 1 aromatic carbocycles. The second-order valence-corrected chi connectivity index (χ2v) is 6.08. The minimum Gasteiger partial charge on any atom is -0.497 e. The first kappa shape index (κ1) is 17.3. The molecule has 1 saturated heterocycles. The van der Waals surface area contributed by atoms with Crippen molar-refractivity contribution in [1.82, 2.24) is 15.1 Å². The number of piperidine rings is 1. The SMILES string of the molecule is COc1cccc(OCc2cc(C(=O)N3CCCCC3CO)n[nH]2)c1. The molecule has 0 aliphatic carbocycles. The van der Waals surface area contributed by atoms with Crippen molar-refractivity contribution in [2.75, 3.05) is 20.3 Å². The second-order valence-electron chi connectivity index (χ2n) is 6.08. The average molecular weight is 345 g/mol. The Morgan fingerprint density at radius 3 is 3.00 bits per heavy atom. The van der Waals surface area contributed by atoms with Gasteiger partial charge in [-0.2, -0.15) is 5.10 Å². The van der Waals surface area contributed by atoms with Crippen LogP contribution < -0.4 is 9.47 Å². The quantitative estimate of drug-likeness (QED) is 0.836. The molecule has 1 atom stereocenters. The number of benzene rings is 1. The van der Waals surface area contributed by atoms with Crippen LogP contribution in [0.3, 0.4) is 0 Å². The maximum atomic E-state index is 12.6. The number of methoxy groups -OCH3 is 1. The molecule has 1 amide bonds. The van der Waals surface area contributed by atoms with Crippen molar-refractivity contribution in [2.24, 2.45) is 0 Å². The first-order chi connectivity index (χ1) is 12.2. The Morgan fingerprint density at radius 1 is 1.36 bits per heavy atom. The molecule has 25 heavy (non-hydrogen) atoms. The summed E-state index contributed by atoms with van der Waals surface area (Å²) in [7, 11) is 1.60. The van der Waals surface area contributed by atoms with Gasteiger partial charge in [0.1, 0.15) is 18.1 Å². The topological polar surface area (TPSA) is 87.7 Å². The molecular weight excluding hydrogens is 322 g/mol. The monoisotopic (exact) mass is 345 g/mol. The fraction of sp³-hybridized carbons (Fsp3) is 0.444. The summed E-state index contributed by atoms with van der Waals surface area (Å²) in [5.74, 6) is 1.25. The van der Waals surface area contributed by atoms with Gasteiger partial charge in [-0.15, -0.1) is 0 Å². The van der Waals surface area contributed by atoms with E-state index in [9.17, 15) is 9.90 Å². The summed E-state index contributed by atoms with van der Waals surface area (Å²) in [6, 6.07) is 8.91. The third-order valence-corrected chi connectivity index (χ3v) is 4.38. The standard InChI is InChI=1S/C18H23N3O4/c1-24-15-6-4-7-16(10-15)25-12-13-9-17(20-19-13)18(23)21-8-3-2-5-14(21)11-22/h4,6-7,9-10,14,22H,2-3,5,8,11-12H2,1H3,(H,19,20). The van der Waals surface area contributed by atoms with Crippen molar-refractivity contribution < 1.29 is 19.4 Å². The molecule has 0 saturated carbocycles. The molecule has 0 bridgehead atoms. The molecule has 0 spiro atoms.